The maximum atomic E-state index is 13.1. The molecule has 0 radical (unpaired) electrons. The first kappa shape index (κ1) is 18.4. The Hall–Kier alpha value is -1.92. The van der Waals surface area contributed by atoms with Crippen molar-refractivity contribution in [2.75, 3.05) is 26.3 Å². The molecular weight excluding hydrogens is 342 g/mol. The minimum atomic E-state index is 0.0786. The van der Waals surface area contributed by atoms with Crippen molar-refractivity contribution in [2.45, 2.75) is 58.3 Å². The fourth-order valence-electron chi connectivity index (χ4n) is 4.39. The molecule has 0 unspecified atom stereocenters. The van der Waals surface area contributed by atoms with Crippen LogP contribution in [-0.4, -0.2) is 58.9 Å². The third kappa shape index (κ3) is 3.87. The first-order valence-electron chi connectivity index (χ1n) is 9.98. The summed E-state index contributed by atoms with van der Waals surface area (Å²) in [7, 11) is 0. The average Bonchev–Trinajstić information content (AvgIpc) is 2.99. The predicted octanol–water partition coefficient (Wildman–Crippen LogP) is 2.87. The van der Waals surface area contributed by atoms with Gasteiger partial charge in [0.05, 0.1) is 12.2 Å². The summed E-state index contributed by atoms with van der Waals surface area (Å²) in [5.74, 6) is 0.564. The van der Waals surface area contributed by atoms with Crippen LogP contribution in [0.3, 0.4) is 0 Å². The number of hydrogen-bond acceptors (Lipinski definition) is 4. The Morgan fingerprint density at radius 2 is 1.89 bits per heavy atom. The lowest BCUT2D eigenvalue weighted by Crippen LogP contribution is -2.49. The van der Waals surface area contributed by atoms with Gasteiger partial charge in [-0.2, -0.15) is 0 Å². The van der Waals surface area contributed by atoms with Crippen molar-refractivity contribution in [3.05, 3.63) is 29.6 Å². The smallest absolute Gasteiger partial charge is 0.242 e. The van der Waals surface area contributed by atoms with Crippen molar-refractivity contribution in [2.24, 2.45) is 0 Å². The second kappa shape index (κ2) is 7.60. The predicted molar refractivity (Wildman–Crippen MR) is 104 cm³/mol. The lowest BCUT2D eigenvalue weighted by molar-refractivity contribution is -0.143. The van der Waals surface area contributed by atoms with E-state index in [1.807, 2.05) is 24.9 Å². The number of hydrogen-bond donors (Lipinski definition) is 0. The van der Waals surface area contributed by atoms with E-state index in [0.29, 0.717) is 25.6 Å². The van der Waals surface area contributed by atoms with Crippen LogP contribution in [0.1, 0.15) is 43.9 Å². The summed E-state index contributed by atoms with van der Waals surface area (Å²) in [5, 5.41) is 1.12. The van der Waals surface area contributed by atoms with Gasteiger partial charge in [0.15, 0.2) is 0 Å². The third-order valence-electron chi connectivity index (χ3n) is 5.61. The molecular formula is C21H29N3O3. The SMILES string of the molecule is Cc1cnc2c(c1)cc(C1CCOCC1)n2CC(=O)N1C[C@@H](C)O[C@@H](C)C1. The standard InChI is InChI=1S/C21H29N3O3/c1-14-8-18-9-19(17-4-6-26-7-5-17)24(21(18)22-10-14)13-20(25)23-11-15(2)27-16(3)12-23/h8-10,15-17H,4-7,11-13H2,1-3H3/t15-,16+. The second-order valence-electron chi connectivity index (χ2n) is 8.02. The van der Waals surface area contributed by atoms with E-state index in [1.165, 1.54) is 5.69 Å². The van der Waals surface area contributed by atoms with Gasteiger partial charge in [0, 0.05) is 49.5 Å². The van der Waals surface area contributed by atoms with E-state index in [1.54, 1.807) is 0 Å². The molecule has 0 bridgehead atoms. The Labute approximate surface area is 160 Å². The van der Waals surface area contributed by atoms with Crippen LogP contribution < -0.4 is 0 Å². The maximum absolute atomic E-state index is 13.1. The Kier molecular flexibility index (Phi) is 5.19. The number of carbonyl (C=O) groups excluding carboxylic acids is 1. The number of morpholine rings is 1. The van der Waals surface area contributed by atoms with Gasteiger partial charge in [-0.1, -0.05) is 0 Å². The van der Waals surface area contributed by atoms with Gasteiger partial charge in [0.25, 0.3) is 0 Å². The van der Waals surface area contributed by atoms with Crippen molar-refractivity contribution in [3.8, 4) is 0 Å². The molecule has 6 heteroatoms. The van der Waals surface area contributed by atoms with Crippen molar-refractivity contribution < 1.29 is 14.3 Å². The van der Waals surface area contributed by atoms with Crippen LogP contribution in [0.2, 0.25) is 0 Å². The minimum absolute atomic E-state index is 0.0786. The topological polar surface area (TPSA) is 56.6 Å². The molecule has 0 saturated carbocycles. The van der Waals surface area contributed by atoms with Gasteiger partial charge >= 0.3 is 0 Å². The highest BCUT2D eigenvalue weighted by Crippen LogP contribution is 2.31. The number of pyridine rings is 1. The molecule has 2 atom stereocenters. The summed E-state index contributed by atoms with van der Waals surface area (Å²) < 4.78 is 13.5. The fourth-order valence-corrected chi connectivity index (χ4v) is 4.39. The fraction of sp³-hybridized carbons (Fsp3) is 0.619. The zero-order valence-corrected chi connectivity index (χ0v) is 16.5. The van der Waals surface area contributed by atoms with Crippen LogP contribution in [-0.2, 0) is 20.8 Å². The summed E-state index contributed by atoms with van der Waals surface area (Å²) in [6, 6.07) is 4.38. The molecule has 0 spiro atoms. The lowest BCUT2D eigenvalue weighted by atomic mass is 9.96. The number of nitrogens with zero attached hydrogens (tertiary/aromatic N) is 3. The van der Waals surface area contributed by atoms with E-state index in [9.17, 15) is 4.79 Å². The molecule has 0 aromatic carbocycles. The van der Waals surface area contributed by atoms with Gasteiger partial charge in [-0.05, 0) is 51.3 Å². The number of rotatable bonds is 3. The van der Waals surface area contributed by atoms with Crippen molar-refractivity contribution >= 4 is 16.9 Å². The number of amides is 1. The van der Waals surface area contributed by atoms with E-state index < -0.39 is 0 Å². The molecule has 0 aliphatic carbocycles. The lowest BCUT2D eigenvalue weighted by Gasteiger charge is -2.35. The van der Waals surface area contributed by atoms with Crippen LogP contribution >= 0.6 is 0 Å². The molecule has 4 rings (SSSR count). The highest BCUT2D eigenvalue weighted by molar-refractivity contribution is 5.82. The second-order valence-corrected chi connectivity index (χ2v) is 8.02. The molecule has 6 nitrogen and oxygen atoms in total. The highest BCUT2D eigenvalue weighted by atomic mass is 16.5. The van der Waals surface area contributed by atoms with Gasteiger partial charge in [0.1, 0.15) is 12.2 Å². The van der Waals surface area contributed by atoms with E-state index in [2.05, 4.69) is 28.6 Å². The van der Waals surface area contributed by atoms with E-state index in [-0.39, 0.29) is 18.1 Å². The van der Waals surface area contributed by atoms with Gasteiger partial charge in [-0.3, -0.25) is 4.79 Å². The molecule has 2 aromatic rings. The zero-order chi connectivity index (χ0) is 19.0. The van der Waals surface area contributed by atoms with Gasteiger partial charge in [-0.15, -0.1) is 0 Å². The quantitative estimate of drug-likeness (QED) is 0.832. The largest absolute Gasteiger partial charge is 0.381 e. The highest BCUT2D eigenvalue weighted by Gasteiger charge is 2.28. The van der Waals surface area contributed by atoms with Gasteiger partial charge in [-0.25, -0.2) is 4.98 Å². The molecule has 2 aromatic heterocycles. The number of carbonyl (C=O) groups is 1. The molecule has 4 heterocycles. The maximum Gasteiger partial charge on any atom is 0.242 e. The summed E-state index contributed by atoms with van der Waals surface area (Å²) in [5.41, 5.74) is 3.26. The number of ether oxygens (including phenoxy) is 2. The Morgan fingerprint density at radius 3 is 2.59 bits per heavy atom. The molecule has 2 fully saturated rings. The minimum Gasteiger partial charge on any atom is -0.381 e. The molecule has 2 saturated heterocycles. The first-order valence-corrected chi connectivity index (χ1v) is 9.98. The number of aryl methyl sites for hydroxylation is 1. The zero-order valence-electron chi connectivity index (χ0n) is 16.5. The average molecular weight is 371 g/mol. The van der Waals surface area contributed by atoms with Crippen molar-refractivity contribution in [1.29, 1.82) is 0 Å². The molecule has 146 valence electrons. The first-order chi connectivity index (χ1) is 13.0. The van der Waals surface area contributed by atoms with Crippen molar-refractivity contribution in [3.63, 3.8) is 0 Å². The number of fused-ring (bicyclic) bond motifs is 1. The van der Waals surface area contributed by atoms with E-state index in [4.69, 9.17) is 9.47 Å². The van der Waals surface area contributed by atoms with Gasteiger partial charge < -0.3 is 18.9 Å². The summed E-state index contributed by atoms with van der Waals surface area (Å²) in [6.45, 7) is 9.32. The van der Waals surface area contributed by atoms with Crippen LogP contribution in [0.5, 0.6) is 0 Å². The Balaban J connectivity index is 1.65. The Bertz CT molecular complexity index is 815. The molecule has 27 heavy (non-hydrogen) atoms. The van der Waals surface area contributed by atoms with E-state index >= 15 is 0 Å². The van der Waals surface area contributed by atoms with Gasteiger partial charge in [0.2, 0.25) is 5.91 Å². The van der Waals surface area contributed by atoms with Crippen molar-refractivity contribution in [1.82, 2.24) is 14.5 Å². The molecule has 2 aliphatic heterocycles. The van der Waals surface area contributed by atoms with E-state index in [0.717, 1.165) is 42.7 Å². The number of aromatic nitrogens is 2. The summed E-state index contributed by atoms with van der Waals surface area (Å²) in [6.07, 6.45) is 4.03. The molecule has 0 N–H and O–H groups in total. The molecule has 2 aliphatic rings. The normalized spacial score (nSPS) is 24.5. The third-order valence-corrected chi connectivity index (χ3v) is 5.61. The monoisotopic (exact) mass is 371 g/mol. The summed E-state index contributed by atoms with van der Waals surface area (Å²) in [4.78, 5) is 19.7. The van der Waals surface area contributed by atoms with Crippen LogP contribution in [0.25, 0.3) is 11.0 Å². The molecule has 1 amide bonds. The Morgan fingerprint density at radius 1 is 1.19 bits per heavy atom. The van der Waals surface area contributed by atoms with Crippen LogP contribution in [0.4, 0.5) is 0 Å². The van der Waals surface area contributed by atoms with Crippen LogP contribution in [0.15, 0.2) is 18.3 Å². The summed E-state index contributed by atoms with van der Waals surface area (Å²) >= 11 is 0. The van der Waals surface area contributed by atoms with Crippen LogP contribution in [0, 0.1) is 6.92 Å².